The van der Waals surface area contributed by atoms with Crippen molar-refractivity contribution in [1.29, 1.82) is 0 Å². The lowest BCUT2D eigenvalue weighted by molar-refractivity contribution is -0.116. The zero-order valence-electron chi connectivity index (χ0n) is 15.4. The van der Waals surface area contributed by atoms with Gasteiger partial charge in [-0.3, -0.25) is 4.79 Å². The summed E-state index contributed by atoms with van der Waals surface area (Å²) in [5.74, 6) is 2.12. The number of pyridine rings is 1. The molecule has 0 spiro atoms. The molecule has 0 bridgehead atoms. The van der Waals surface area contributed by atoms with Crippen LogP contribution in [0.1, 0.15) is 12.0 Å². The Balaban J connectivity index is 1.31. The molecule has 0 unspecified atom stereocenters. The lowest BCUT2D eigenvalue weighted by Crippen LogP contribution is -2.15. The average Bonchev–Trinajstić information content (AvgIpc) is 2.74. The molecule has 2 aromatic carbocycles. The average molecular weight is 375 g/mol. The summed E-state index contributed by atoms with van der Waals surface area (Å²) in [7, 11) is 0. The highest BCUT2D eigenvalue weighted by atomic mass is 16.6. The van der Waals surface area contributed by atoms with Crippen LogP contribution in [0.2, 0.25) is 0 Å². The highest BCUT2D eigenvalue weighted by molar-refractivity contribution is 5.90. The Bertz CT molecular complexity index is 943. The van der Waals surface area contributed by atoms with Gasteiger partial charge in [-0.05, 0) is 36.2 Å². The first kappa shape index (κ1) is 17.9. The van der Waals surface area contributed by atoms with Crippen LogP contribution in [0.5, 0.6) is 11.5 Å². The second kappa shape index (κ2) is 8.43. The second-order valence-corrected chi connectivity index (χ2v) is 6.45. The number of fused-ring (bicyclic) bond motifs is 1. The predicted molar refractivity (Wildman–Crippen MR) is 108 cm³/mol. The van der Waals surface area contributed by atoms with Gasteiger partial charge in [-0.15, -0.1) is 0 Å². The fraction of sp³-hybridized carbons (Fsp3) is 0.182. The van der Waals surface area contributed by atoms with Gasteiger partial charge in [0, 0.05) is 18.2 Å². The van der Waals surface area contributed by atoms with Crippen molar-refractivity contribution in [3.05, 3.63) is 72.4 Å². The fourth-order valence-electron chi connectivity index (χ4n) is 2.94. The van der Waals surface area contributed by atoms with Crippen LogP contribution in [0.15, 0.2) is 66.9 Å². The molecule has 0 fully saturated rings. The van der Waals surface area contributed by atoms with E-state index in [1.165, 1.54) is 0 Å². The maximum Gasteiger partial charge on any atom is 0.224 e. The highest BCUT2D eigenvalue weighted by Gasteiger charge is 2.12. The molecule has 142 valence electrons. The number of ether oxygens (including phenoxy) is 2. The first-order valence-corrected chi connectivity index (χ1v) is 9.23. The molecule has 2 N–H and O–H groups in total. The van der Waals surface area contributed by atoms with Crippen LogP contribution < -0.4 is 20.1 Å². The molecule has 0 aliphatic carbocycles. The van der Waals surface area contributed by atoms with Crippen molar-refractivity contribution in [2.75, 3.05) is 23.8 Å². The molecule has 1 amide bonds. The van der Waals surface area contributed by atoms with E-state index in [0.717, 1.165) is 22.7 Å². The lowest BCUT2D eigenvalue weighted by Gasteiger charge is -2.19. The zero-order valence-corrected chi connectivity index (χ0v) is 15.4. The maximum atomic E-state index is 12.1. The van der Waals surface area contributed by atoms with Gasteiger partial charge in [-0.25, -0.2) is 4.98 Å². The number of rotatable bonds is 6. The number of aromatic nitrogens is 1. The van der Waals surface area contributed by atoms with Crippen LogP contribution in [-0.4, -0.2) is 24.1 Å². The quantitative estimate of drug-likeness (QED) is 0.677. The number of aryl methyl sites for hydroxylation is 1. The van der Waals surface area contributed by atoms with Crippen molar-refractivity contribution in [2.24, 2.45) is 0 Å². The summed E-state index contributed by atoms with van der Waals surface area (Å²) in [6.45, 7) is 1.12. The standard InChI is InChI=1S/C22H21N3O3/c26-22(11-6-16-4-2-1-3-5-16)25-18-8-10-21(23-15-18)24-17-7-9-19-20(14-17)28-13-12-27-19/h1-5,7-10,14-15H,6,11-13H2,(H,23,24)(H,25,26). The Morgan fingerprint density at radius 3 is 2.50 bits per heavy atom. The number of hydrogen-bond donors (Lipinski definition) is 2. The molecule has 1 aromatic heterocycles. The van der Waals surface area contributed by atoms with Crippen LogP contribution in [0, 0.1) is 0 Å². The molecule has 2 heterocycles. The van der Waals surface area contributed by atoms with Gasteiger partial charge in [-0.1, -0.05) is 30.3 Å². The van der Waals surface area contributed by atoms with Gasteiger partial charge in [0.25, 0.3) is 0 Å². The summed E-state index contributed by atoms with van der Waals surface area (Å²) >= 11 is 0. The number of nitrogens with zero attached hydrogens (tertiary/aromatic N) is 1. The van der Waals surface area contributed by atoms with E-state index in [4.69, 9.17) is 9.47 Å². The summed E-state index contributed by atoms with van der Waals surface area (Å²) in [4.78, 5) is 16.5. The van der Waals surface area contributed by atoms with E-state index >= 15 is 0 Å². The highest BCUT2D eigenvalue weighted by Crippen LogP contribution is 2.33. The predicted octanol–water partition coefficient (Wildman–Crippen LogP) is 4.17. The maximum absolute atomic E-state index is 12.1. The second-order valence-electron chi connectivity index (χ2n) is 6.45. The van der Waals surface area contributed by atoms with Crippen LogP contribution in [0.4, 0.5) is 17.2 Å². The molecule has 0 saturated heterocycles. The molecule has 1 aliphatic rings. The van der Waals surface area contributed by atoms with Gasteiger partial charge < -0.3 is 20.1 Å². The number of benzene rings is 2. The Labute approximate surface area is 163 Å². The number of carbonyl (C=O) groups excluding carboxylic acids is 1. The van der Waals surface area contributed by atoms with Crippen molar-refractivity contribution < 1.29 is 14.3 Å². The topological polar surface area (TPSA) is 72.5 Å². The minimum atomic E-state index is -0.0294. The van der Waals surface area contributed by atoms with Crippen LogP contribution in [-0.2, 0) is 11.2 Å². The van der Waals surface area contributed by atoms with E-state index in [-0.39, 0.29) is 5.91 Å². The van der Waals surface area contributed by atoms with E-state index in [0.29, 0.717) is 37.6 Å². The monoisotopic (exact) mass is 375 g/mol. The molecular weight excluding hydrogens is 354 g/mol. The van der Waals surface area contributed by atoms with Gasteiger partial charge in [0.15, 0.2) is 11.5 Å². The van der Waals surface area contributed by atoms with E-state index in [9.17, 15) is 4.79 Å². The van der Waals surface area contributed by atoms with Gasteiger partial charge in [0.1, 0.15) is 19.0 Å². The third-order valence-electron chi connectivity index (χ3n) is 4.35. The first-order valence-electron chi connectivity index (χ1n) is 9.23. The normalized spacial score (nSPS) is 12.3. The van der Waals surface area contributed by atoms with Crippen molar-refractivity contribution in [1.82, 2.24) is 4.98 Å². The molecule has 3 aromatic rings. The van der Waals surface area contributed by atoms with Gasteiger partial charge >= 0.3 is 0 Å². The first-order chi connectivity index (χ1) is 13.8. The van der Waals surface area contributed by atoms with Crippen molar-refractivity contribution in [3.63, 3.8) is 0 Å². The number of nitrogens with one attached hydrogen (secondary N) is 2. The van der Waals surface area contributed by atoms with Crippen LogP contribution >= 0.6 is 0 Å². The Morgan fingerprint density at radius 1 is 0.929 bits per heavy atom. The number of anilines is 3. The van der Waals surface area contributed by atoms with Crippen molar-refractivity contribution in [2.45, 2.75) is 12.8 Å². The Hall–Kier alpha value is -3.54. The van der Waals surface area contributed by atoms with Gasteiger partial charge in [0.2, 0.25) is 5.91 Å². The largest absolute Gasteiger partial charge is 0.486 e. The summed E-state index contributed by atoms with van der Waals surface area (Å²) in [5.41, 5.74) is 2.68. The summed E-state index contributed by atoms with van der Waals surface area (Å²) < 4.78 is 11.1. The summed E-state index contributed by atoms with van der Waals surface area (Å²) in [5, 5.41) is 6.10. The Morgan fingerprint density at radius 2 is 1.71 bits per heavy atom. The summed E-state index contributed by atoms with van der Waals surface area (Å²) in [6, 6.07) is 19.3. The zero-order chi connectivity index (χ0) is 19.2. The molecule has 0 radical (unpaired) electrons. The summed E-state index contributed by atoms with van der Waals surface area (Å²) in [6.07, 6.45) is 2.78. The lowest BCUT2D eigenvalue weighted by atomic mass is 10.1. The smallest absolute Gasteiger partial charge is 0.224 e. The molecule has 0 atom stereocenters. The SMILES string of the molecule is O=C(CCc1ccccc1)Nc1ccc(Nc2ccc3c(c2)OCCO3)nc1. The third kappa shape index (κ3) is 4.59. The van der Waals surface area contributed by atoms with E-state index in [1.807, 2.05) is 60.7 Å². The van der Waals surface area contributed by atoms with Gasteiger partial charge in [-0.2, -0.15) is 0 Å². The molecule has 6 heteroatoms. The molecule has 1 aliphatic heterocycles. The Kier molecular flexibility index (Phi) is 5.38. The van der Waals surface area contributed by atoms with Gasteiger partial charge in [0.05, 0.1) is 11.9 Å². The minimum Gasteiger partial charge on any atom is -0.486 e. The number of carbonyl (C=O) groups is 1. The fourth-order valence-corrected chi connectivity index (χ4v) is 2.94. The van der Waals surface area contributed by atoms with Crippen molar-refractivity contribution in [3.8, 4) is 11.5 Å². The molecule has 4 rings (SSSR count). The van der Waals surface area contributed by atoms with Crippen LogP contribution in [0.3, 0.4) is 0 Å². The minimum absolute atomic E-state index is 0.0294. The van der Waals surface area contributed by atoms with Crippen LogP contribution in [0.25, 0.3) is 0 Å². The van der Waals surface area contributed by atoms with E-state index < -0.39 is 0 Å². The number of hydrogen-bond acceptors (Lipinski definition) is 5. The van der Waals surface area contributed by atoms with Crippen molar-refractivity contribution >= 4 is 23.1 Å². The molecular formula is C22H21N3O3. The molecule has 6 nitrogen and oxygen atoms in total. The molecule has 0 saturated carbocycles. The third-order valence-corrected chi connectivity index (χ3v) is 4.35. The van der Waals surface area contributed by atoms with E-state index in [1.54, 1.807) is 6.20 Å². The molecule has 28 heavy (non-hydrogen) atoms. The van der Waals surface area contributed by atoms with E-state index in [2.05, 4.69) is 15.6 Å². The number of amides is 1.